The summed E-state index contributed by atoms with van der Waals surface area (Å²) in [4.78, 5) is 28.1. The number of rotatable bonds is 5. The highest BCUT2D eigenvalue weighted by atomic mass is 32.1. The van der Waals surface area contributed by atoms with Gasteiger partial charge >= 0.3 is 12.0 Å². The van der Waals surface area contributed by atoms with Crippen molar-refractivity contribution in [1.29, 1.82) is 0 Å². The molecule has 110 valence electrons. The third-order valence-electron chi connectivity index (χ3n) is 2.60. The second-order valence-corrected chi connectivity index (χ2v) is 4.85. The second-order valence-electron chi connectivity index (χ2n) is 4.13. The van der Waals surface area contributed by atoms with Gasteiger partial charge in [0, 0.05) is 11.1 Å². The summed E-state index contributed by atoms with van der Waals surface area (Å²) < 4.78 is 0. The van der Waals surface area contributed by atoms with E-state index in [-0.39, 0.29) is 12.3 Å². The van der Waals surface area contributed by atoms with E-state index >= 15 is 0 Å². The topological polar surface area (TPSA) is 103 Å². The molecule has 0 aliphatic carbocycles. The number of carboxylic acid groups (broad SMARTS) is 1. The Morgan fingerprint density at radius 3 is 2.57 bits per heavy atom. The van der Waals surface area contributed by atoms with Gasteiger partial charge in [0.2, 0.25) is 0 Å². The molecule has 3 N–H and O–H groups in total. The van der Waals surface area contributed by atoms with Gasteiger partial charge in [-0.05, 0) is 24.3 Å². The summed E-state index contributed by atoms with van der Waals surface area (Å²) in [5, 5.41) is 22.6. The number of benzene rings is 1. The Hall–Kier alpha value is -2.61. The number of carboxylic acids is 1. The first-order valence-electron chi connectivity index (χ1n) is 5.99. The molecule has 0 atom stereocenters. The highest BCUT2D eigenvalue weighted by molar-refractivity contribution is 7.07. The number of aromatic hydroxyl groups is 1. The zero-order chi connectivity index (χ0) is 15.2. The first-order chi connectivity index (χ1) is 10.1. The molecule has 2 aromatic rings. The minimum absolute atomic E-state index is 0.0388. The van der Waals surface area contributed by atoms with Crippen molar-refractivity contribution in [3.8, 4) is 5.75 Å². The Morgan fingerprint density at radius 1 is 1.29 bits per heavy atom. The lowest BCUT2D eigenvalue weighted by molar-refractivity contribution is -0.135. The normalized spacial score (nSPS) is 10.1. The summed E-state index contributed by atoms with van der Waals surface area (Å²) >= 11 is 1.41. The third kappa shape index (κ3) is 4.18. The van der Waals surface area contributed by atoms with E-state index in [1.807, 2.05) is 0 Å². The number of thiazole rings is 1. The molecule has 2 rings (SSSR count). The molecule has 0 radical (unpaired) electrons. The number of anilines is 1. The van der Waals surface area contributed by atoms with E-state index in [1.165, 1.54) is 35.6 Å². The number of urea groups is 1. The molecule has 0 unspecified atom stereocenters. The van der Waals surface area contributed by atoms with Gasteiger partial charge in [0.15, 0.2) is 0 Å². The number of amides is 2. The number of aliphatic carboxylic acids is 1. The highest BCUT2D eigenvalue weighted by Gasteiger charge is 2.18. The molecule has 0 aliphatic heterocycles. The second kappa shape index (κ2) is 6.71. The van der Waals surface area contributed by atoms with Crippen molar-refractivity contribution >= 4 is 29.0 Å². The van der Waals surface area contributed by atoms with Crippen molar-refractivity contribution in [3.05, 3.63) is 40.8 Å². The van der Waals surface area contributed by atoms with Gasteiger partial charge in [-0.1, -0.05) is 0 Å². The number of aromatic nitrogens is 1. The van der Waals surface area contributed by atoms with Crippen LogP contribution in [-0.2, 0) is 11.3 Å². The van der Waals surface area contributed by atoms with Crippen LogP contribution in [0.3, 0.4) is 0 Å². The Labute approximate surface area is 124 Å². The zero-order valence-corrected chi connectivity index (χ0v) is 11.7. The van der Waals surface area contributed by atoms with Crippen LogP contribution < -0.4 is 10.2 Å². The molecule has 0 bridgehead atoms. The molecule has 1 aromatic heterocycles. The number of hydrogen-bond acceptors (Lipinski definition) is 5. The van der Waals surface area contributed by atoms with Gasteiger partial charge in [0.25, 0.3) is 0 Å². The van der Waals surface area contributed by atoms with Crippen LogP contribution in [0.5, 0.6) is 5.75 Å². The average molecular weight is 307 g/mol. The number of phenols is 1. The minimum Gasteiger partial charge on any atom is -0.508 e. The van der Waals surface area contributed by atoms with Crippen molar-refractivity contribution in [2.45, 2.75) is 6.54 Å². The van der Waals surface area contributed by atoms with Gasteiger partial charge in [-0.25, -0.2) is 9.78 Å². The lowest BCUT2D eigenvalue weighted by Crippen LogP contribution is -2.42. The molecular formula is C13H13N3O4S. The van der Waals surface area contributed by atoms with E-state index in [4.69, 9.17) is 5.11 Å². The number of hydrogen-bond donors (Lipinski definition) is 3. The molecule has 0 saturated carbocycles. The molecule has 21 heavy (non-hydrogen) atoms. The van der Waals surface area contributed by atoms with Crippen LogP contribution in [0.2, 0.25) is 0 Å². The number of carbonyl (C=O) groups is 2. The molecule has 7 nitrogen and oxygen atoms in total. The summed E-state index contributed by atoms with van der Waals surface area (Å²) in [6.45, 7) is -0.260. The van der Waals surface area contributed by atoms with Crippen molar-refractivity contribution in [2.75, 3.05) is 11.4 Å². The lowest BCUT2D eigenvalue weighted by atomic mass is 10.2. The molecule has 0 spiro atoms. The Bertz CT molecular complexity index is 613. The summed E-state index contributed by atoms with van der Waals surface area (Å²) in [5.41, 5.74) is 2.73. The first kappa shape index (κ1) is 14.8. The van der Waals surface area contributed by atoms with E-state index < -0.39 is 18.5 Å². The number of nitrogens with zero attached hydrogens (tertiary/aromatic N) is 2. The summed E-state index contributed by atoms with van der Waals surface area (Å²) in [6, 6.07) is 5.17. The van der Waals surface area contributed by atoms with E-state index in [0.717, 1.165) is 4.90 Å². The van der Waals surface area contributed by atoms with Crippen molar-refractivity contribution < 1.29 is 19.8 Å². The molecule has 0 saturated heterocycles. The van der Waals surface area contributed by atoms with Gasteiger partial charge in [-0.3, -0.25) is 9.69 Å². The van der Waals surface area contributed by atoms with Crippen LogP contribution in [0.15, 0.2) is 35.2 Å². The number of phenolic OH excluding ortho intramolecular Hbond substituents is 1. The average Bonchev–Trinajstić information content (AvgIpc) is 2.96. The van der Waals surface area contributed by atoms with Gasteiger partial charge in [0.1, 0.15) is 12.3 Å². The van der Waals surface area contributed by atoms with E-state index in [2.05, 4.69) is 10.3 Å². The van der Waals surface area contributed by atoms with Crippen LogP contribution in [0.25, 0.3) is 0 Å². The molecule has 8 heteroatoms. The third-order valence-corrected chi connectivity index (χ3v) is 3.24. The van der Waals surface area contributed by atoms with Crippen LogP contribution in [0, 0.1) is 0 Å². The Balaban J connectivity index is 2.09. The zero-order valence-electron chi connectivity index (χ0n) is 10.9. The smallest absolute Gasteiger partial charge is 0.323 e. The molecule has 0 fully saturated rings. The predicted octanol–water partition coefficient (Wildman–Crippen LogP) is 1.65. The lowest BCUT2D eigenvalue weighted by Gasteiger charge is -2.21. The SMILES string of the molecule is O=C(O)CN(C(=O)NCc1cscn1)c1ccc(O)cc1. The predicted molar refractivity (Wildman–Crippen MR) is 77.4 cm³/mol. The van der Waals surface area contributed by atoms with E-state index in [1.54, 1.807) is 10.9 Å². The maximum absolute atomic E-state index is 12.1. The number of carbonyl (C=O) groups excluding carboxylic acids is 1. The fourth-order valence-corrected chi connectivity index (χ4v) is 2.19. The largest absolute Gasteiger partial charge is 0.508 e. The van der Waals surface area contributed by atoms with Crippen molar-refractivity contribution in [2.24, 2.45) is 0 Å². The number of nitrogens with one attached hydrogen (secondary N) is 1. The van der Waals surface area contributed by atoms with Crippen LogP contribution in [0.1, 0.15) is 5.69 Å². The summed E-state index contributed by atoms with van der Waals surface area (Å²) in [7, 11) is 0. The van der Waals surface area contributed by atoms with Crippen molar-refractivity contribution in [3.63, 3.8) is 0 Å². The summed E-state index contributed by atoms with van der Waals surface area (Å²) in [6.07, 6.45) is 0. The van der Waals surface area contributed by atoms with Gasteiger partial charge < -0.3 is 15.5 Å². The van der Waals surface area contributed by atoms with Gasteiger partial charge in [-0.2, -0.15) is 0 Å². The molecule has 1 heterocycles. The molecular weight excluding hydrogens is 294 g/mol. The highest BCUT2D eigenvalue weighted by Crippen LogP contribution is 2.18. The quantitative estimate of drug-likeness (QED) is 0.779. The van der Waals surface area contributed by atoms with Crippen molar-refractivity contribution in [1.82, 2.24) is 10.3 Å². The monoisotopic (exact) mass is 307 g/mol. The van der Waals surface area contributed by atoms with E-state index in [9.17, 15) is 14.7 Å². The maximum atomic E-state index is 12.1. The van der Waals surface area contributed by atoms with Crippen LogP contribution >= 0.6 is 11.3 Å². The molecule has 2 amide bonds. The Kier molecular flexibility index (Phi) is 4.72. The van der Waals surface area contributed by atoms with Crippen LogP contribution in [0.4, 0.5) is 10.5 Å². The fraction of sp³-hybridized carbons (Fsp3) is 0.154. The maximum Gasteiger partial charge on any atom is 0.323 e. The van der Waals surface area contributed by atoms with Gasteiger partial charge in [-0.15, -0.1) is 11.3 Å². The van der Waals surface area contributed by atoms with Crippen LogP contribution in [-0.4, -0.2) is 33.7 Å². The fourth-order valence-electron chi connectivity index (χ4n) is 1.63. The standard InChI is InChI=1S/C13H13N3O4S/c17-11-3-1-10(2-4-11)16(6-12(18)19)13(20)14-5-9-7-21-8-15-9/h1-4,7-8,17H,5-6H2,(H,14,20)(H,18,19). The van der Waals surface area contributed by atoms with E-state index in [0.29, 0.717) is 11.4 Å². The minimum atomic E-state index is -1.13. The molecule has 0 aliphatic rings. The molecule has 1 aromatic carbocycles. The van der Waals surface area contributed by atoms with Gasteiger partial charge in [0.05, 0.1) is 17.7 Å². The first-order valence-corrected chi connectivity index (χ1v) is 6.94. The summed E-state index contributed by atoms with van der Waals surface area (Å²) in [5.74, 6) is -1.09. The Morgan fingerprint density at radius 2 is 2.00 bits per heavy atom.